The topological polar surface area (TPSA) is 27.6 Å². The molecule has 0 atom stereocenters. The highest BCUT2D eigenvalue weighted by Crippen LogP contribution is 2.21. The third-order valence-electron chi connectivity index (χ3n) is 3.63. The molecule has 0 aliphatic carbocycles. The summed E-state index contributed by atoms with van der Waals surface area (Å²) < 4.78 is 0. The molecule has 0 unspecified atom stereocenters. The molecule has 1 aliphatic heterocycles. The van der Waals surface area contributed by atoms with Crippen LogP contribution in [0.5, 0.6) is 0 Å². The van der Waals surface area contributed by atoms with Gasteiger partial charge in [-0.2, -0.15) is 11.8 Å². The molecule has 0 spiro atoms. The van der Waals surface area contributed by atoms with E-state index in [9.17, 15) is 0 Å². The molecule has 0 fully saturated rings. The van der Waals surface area contributed by atoms with E-state index >= 15 is 0 Å². The number of nitrogens with zero attached hydrogens (tertiary/aromatic N) is 2. The summed E-state index contributed by atoms with van der Waals surface area (Å²) in [6.45, 7) is 6.61. The van der Waals surface area contributed by atoms with Gasteiger partial charge < -0.3 is 10.2 Å². The molecule has 0 amide bonds. The van der Waals surface area contributed by atoms with Gasteiger partial charge in [0.2, 0.25) is 0 Å². The van der Waals surface area contributed by atoms with Crippen molar-refractivity contribution in [3.8, 4) is 0 Å². The fourth-order valence-electron chi connectivity index (χ4n) is 2.51. The van der Waals surface area contributed by atoms with Crippen LogP contribution in [0, 0.1) is 0 Å². The third-order valence-corrected chi connectivity index (χ3v) is 4.59. The second-order valence-corrected chi connectivity index (χ2v) is 6.28. The molecule has 23 heavy (non-hydrogen) atoms. The zero-order valence-corrected chi connectivity index (χ0v) is 16.8. The second-order valence-electron chi connectivity index (χ2n) is 5.13. The standard InChI is InChI=1S/C18H25N3S.HI/c1-3-14-22-15-11-20-18(19-2)21-12-9-17(10-13-21)16-7-5-4-6-8-16;/h3-9H,1,10-15H2,2H3,(H,19,20);1H. The number of hydrogen-bond donors (Lipinski definition) is 1. The van der Waals surface area contributed by atoms with Gasteiger partial charge in [0.05, 0.1) is 0 Å². The highest BCUT2D eigenvalue weighted by atomic mass is 127. The van der Waals surface area contributed by atoms with Gasteiger partial charge in [0.1, 0.15) is 0 Å². The monoisotopic (exact) mass is 443 g/mol. The van der Waals surface area contributed by atoms with Gasteiger partial charge in [-0.1, -0.05) is 42.5 Å². The van der Waals surface area contributed by atoms with E-state index < -0.39 is 0 Å². The molecule has 126 valence electrons. The summed E-state index contributed by atoms with van der Waals surface area (Å²) in [6, 6.07) is 10.6. The molecule has 3 nitrogen and oxygen atoms in total. The van der Waals surface area contributed by atoms with Crippen LogP contribution in [0.3, 0.4) is 0 Å². The minimum absolute atomic E-state index is 0. The Hall–Kier alpha value is -0.950. The predicted octanol–water partition coefficient (Wildman–Crippen LogP) is 3.89. The third kappa shape index (κ3) is 6.59. The molecule has 0 bridgehead atoms. The number of hydrogen-bond acceptors (Lipinski definition) is 2. The lowest BCUT2D eigenvalue weighted by molar-refractivity contribution is 0.442. The molecule has 1 aliphatic rings. The average Bonchev–Trinajstić information content (AvgIpc) is 2.59. The van der Waals surface area contributed by atoms with Crippen molar-refractivity contribution in [1.82, 2.24) is 10.2 Å². The largest absolute Gasteiger partial charge is 0.355 e. The number of halogens is 1. The first-order valence-electron chi connectivity index (χ1n) is 7.74. The summed E-state index contributed by atoms with van der Waals surface area (Å²) in [6.07, 6.45) is 5.33. The van der Waals surface area contributed by atoms with Crippen LogP contribution >= 0.6 is 35.7 Å². The van der Waals surface area contributed by atoms with Crippen molar-refractivity contribution in [3.63, 3.8) is 0 Å². The van der Waals surface area contributed by atoms with Gasteiger partial charge in [0.25, 0.3) is 0 Å². The minimum atomic E-state index is 0. The number of nitrogens with one attached hydrogen (secondary N) is 1. The van der Waals surface area contributed by atoms with Gasteiger partial charge in [-0.25, -0.2) is 0 Å². The Morgan fingerprint density at radius 1 is 1.39 bits per heavy atom. The van der Waals surface area contributed by atoms with Crippen molar-refractivity contribution < 1.29 is 0 Å². The minimum Gasteiger partial charge on any atom is -0.355 e. The zero-order valence-electron chi connectivity index (χ0n) is 13.7. The number of benzene rings is 1. The van der Waals surface area contributed by atoms with Crippen LogP contribution in [0.2, 0.25) is 0 Å². The van der Waals surface area contributed by atoms with Crippen molar-refractivity contribution >= 4 is 47.3 Å². The summed E-state index contributed by atoms with van der Waals surface area (Å²) in [4.78, 5) is 6.71. The Morgan fingerprint density at radius 2 is 2.17 bits per heavy atom. The van der Waals surface area contributed by atoms with Gasteiger partial charge in [0, 0.05) is 38.2 Å². The Kier molecular flexibility index (Phi) is 10.1. The van der Waals surface area contributed by atoms with Crippen LogP contribution in [0.1, 0.15) is 12.0 Å². The van der Waals surface area contributed by atoms with Crippen LogP contribution in [0.4, 0.5) is 0 Å². The quantitative estimate of drug-likeness (QED) is 0.238. The molecule has 2 rings (SSSR count). The molecule has 0 saturated heterocycles. The van der Waals surface area contributed by atoms with Crippen molar-refractivity contribution in [3.05, 3.63) is 54.6 Å². The molecular weight excluding hydrogens is 417 g/mol. The van der Waals surface area contributed by atoms with E-state index in [4.69, 9.17) is 0 Å². The molecule has 0 radical (unpaired) electrons. The second kappa shape index (κ2) is 11.6. The van der Waals surface area contributed by atoms with Gasteiger partial charge in [-0.3, -0.25) is 4.99 Å². The summed E-state index contributed by atoms with van der Waals surface area (Å²) in [5, 5.41) is 3.44. The molecule has 1 aromatic rings. The normalized spacial score (nSPS) is 14.7. The number of aliphatic imine (C=N–C) groups is 1. The van der Waals surface area contributed by atoms with Gasteiger partial charge in [0.15, 0.2) is 5.96 Å². The summed E-state index contributed by atoms with van der Waals surface area (Å²) in [7, 11) is 1.86. The van der Waals surface area contributed by atoms with E-state index in [2.05, 4.69) is 58.2 Å². The lowest BCUT2D eigenvalue weighted by Gasteiger charge is -2.29. The van der Waals surface area contributed by atoms with Crippen LogP contribution in [0.15, 0.2) is 54.1 Å². The maximum atomic E-state index is 4.40. The van der Waals surface area contributed by atoms with Crippen molar-refractivity contribution in [2.45, 2.75) is 6.42 Å². The first kappa shape index (κ1) is 20.1. The fourth-order valence-corrected chi connectivity index (χ4v) is 3.09. The maximum Gasteiger partial charge on any atom is 0.193 e. The van der Waals surface area contributed by atoms with E-state index in [-0.39, 0.29) is 24.0 Å². The number of guanidine groups is 1. The maximum absolute atomic E-state index is 4.40. The zero-order chi connectivity index (χ0) is 15.6. The number of rotatable bonds is 6. The first-order valence-corrected chi connectivity index (χ1v) is 8.89. The van der Waals surface area contributed by atoms with E-state index in [0.717, 1.165) is 43.5 Å². The Labute approximate surface area is 161 Å². The Bertz CT molecular complexity index is 528. The summed E-state index contributed by atoms with van der Waals surface area (Å²) in [5.41, 5.74) is 2.78. The number of thioether (sulfide) groups is 1. The van der Waals surface area contributed by atoms with Crippen LogP contribution in [0.25, 0.3) is 5.57 Å². The molecule has 0 saturated carbocycles. The molecule has 1 N–H and O–H groups in total. The van der Waals surface area contributed by atoms with Crippen LogP contribution in [-0.4, -0.2) is 49.0 Å². The van der Waals surface area contributed by atoms with Crippen LogP contribution < -0.4 is 5.32 Å². The highest BCUT2D eigenvalue weighted by molar-refractivity contribution is 14.0. The SMILES string of the molecule is C=CCSCCNC(=NC)N1CC=C(c2ccccc2)CC1.I. The lowest BCUT2D eigenvalue weighted by atomic mass is 10.00. The van der Waals surface area contributed by atoms with E-state index in [1.165, 1.54) is 11.1 Å². The van der Waals surface area contributed by atoms with E-state index in [1.807, 2.05) is 24.9 Å². The molecule has 5 heteroatoms. The van der Waals surface area contributed by atoms with Crippen molar-refractivity contribution in [1.29, 1.82) is 0 Å². The van der Waals surface area contributed by atoms with Gasteiger partial charge in [-0.05, 0) is 17.6 Å². The van der Waals surface area contributed by atoms with Gasteiger partial charge >= 0.3 is 0 Å². The Balaban J connectivity index is 0.00000264. The molecule has 0 aromatic heterocycles. The fraction of sp³-hybridized carbons (Fsp3) is 0.389. The Morgan fingerprint density at radius 3 is 2.78 bits per heavy atom. The highest BCUT2D eigenvalue weighted by Gasteiger charge is 2.15. The van der Waals surface area contributed by atoms with Crippen molar-refractivity contribution in [2.75, 3.05) is 38.2 Å². The van der Waals surface area contributed by atoms with E-state index in [0.29, 0.717) is 0 Å². The molecule has 1 heterocycles. The predicted molar refractivity (Wildman–Crippen MR) is 115 cm³/mol. The summed E-state index contributed by atoms with van der Waals surface area (Å²) >= 11 is 1.88. The van der Waals surface area contributed by atoms with E-state index in [1.54, 1.807) is 0 Å². The average molecular weight is 443 g/mol. The summed E-state index contributed by atoms with van der Waals surface area (Å²) in [5.74, 6) is 3.08. The van der Waals surface area contributed by atoms with Crippen LogP contribution in [-0.2, 0) is 0 Å². The smallest absolute Gasteiger partial charge is 0.193 e. The van der Waals surface area contributed by atoms with Crippen molar-refractivity contribution in [2.24, 2.45) is 4.99 Å². The lowest BCUT2D eigenvalue weighted by Crippen LogP contribution is -2.44. The molecular formula is C18H26IN3S. The van der Waals surface area contributed by atoms with Gasteiger partial charge in [-0.15, -0.1) is 30.6 Å². The first-order chi connectivity index (χ1) is 10.8. The molecule has 1 aromatic carbocycles.